The van der Waals surface area contributed by atoms with Gasteiger partial charge in [0.25, 0.3) is 0 Å². The molecule has 0 radical (unpaired) electrons. The number of amides is 1. The molecule has 21 heavy (non-hydrogen) atoms. The molecule has 1 unspecified atom stereocenters. The minimum absolute atomic E-state index is 0.111. The SMILES string of the molecule is Cc1ccccc1CC(=O)Nc1nnc(C2CCCN2)o1. The van der Waals surface area contributed by atoms with Crippen molar-refractivity contribution in [2.45, 2.75) is 32.2 Å². The molecule has 2 heterocycles. The van der Waals surface area contributed by atoms with Gasteiger partial charge in [0.2, 0.25) is 11.8 Å². The quantitative estimate of drug-likeness (QED) is 0.898. The van der Waals surface area contributed by atoms with Crippen molar-refractivity contribution in [3.63, 3.8) is 0 Å². The lowest BCUT2D eigenvalue weighted by atomic mass is 10.1. The van der Waals surface area contributed by atoms with Crippen molar-refractivity contribution in [2.24, 2.45) is 0 Å². The van der Waals surface area contributed by atoms with Crippen LogP contribution in [-0.2, 0) is 11.2 Å². The summed E-state index contributed by atoms with van der Waals surface area (Å²) in [7, 11) is 0. The summed E-state index contributed by atoms with van der Waals surface area (Å²) in [5, 5.41) is 13.8. The number of anilines is 1. The van der Waals surface area contributed by atoms with Crippen LogP contribution in [0.25, 0.3) is 0 Å². The Morgan fingerprint density at radius 1 is 1.43 bits per heavy atom. The number of rotatable bonds is 4. The molecule has 1 aromatic heterocycles. The molecule has 1 aromatic carbocycles. The molecule has 0 bridgehead atoms. The third-order valence-corrected chi connectivity index (χ3v) is 3.66. The molecule has 3 rings (SSSR count). The molecular weight excluding hydrogens is 268 g/mol. The van der Waals surface area contributed by atoms with E-state index in [1.807, 2.05) is 31.2 Å². The number of carbonyl (C=O) groups excluding carboxylic acids is 1. The van der Waals surface area contributed by atoms with Crippen molar-refractivity contribution in [2.75, 3.05) is 11.9 Å². The first kappa shape index (κ1) is 13.8. The van der Waals surface area contributed by atoms with Crippen LogP contribution in [0, 0.1) is 6.92 Å². The summed E-state index contributed by atoms with van der Waals surface area (Å²) < 4.78 is 5.49. The van der Waals surface area contributed by atoms with E-state index in [-0.39, 0.29) is 18.0 Å². The number of nitrogens with zero attached hydrogens (tertiary/aromatic N) is 2. The van der Waals surface area contributed by atoms with E-state index < -0.39 is 0 Å². The molecule has 6 heteroatoms. The topological polar surface area (TPSA) is 80.0 Å². The smallest absolute Gasteiger partial charge is 0.322 e. The Labute approximate surface area is 123 Å². The van der Waals surface area contributed by atoms with Gasteiger partial charge in [-0.3, -0.25) is 10.1 Å². The zero-order chi connectivity index (χ0) is 14.7. The van der Waals surface area contributed by atoms with Gasteiger partial charge < -0.3 is 9.73 Å². The molecule has 1 aliphatic heterocycles. The molecule has 0 saturated carbocycles. The van der Waals surface area contributed by atoms with E-state index in [1.54, 1.807) is 0 Å². The second-order valence-corrected chi connectivity index (χ2v) is 5.25. The molecule has 1 amide bonds. The summed E-state index contributed by atoms with van der Waals surface area (Å²) in [5.74, 6) is 0.387. The highest BCUT2D eigenvalue weighted by Gasteiger charge is 2.22. The minimum Gasteiger partial charge on any atom is -0.406 e. The first-order chi connectivity index (χ1) is 10.2. The maximum absolute atomic E-state index is 12.0. The summed E-state index contributed by atoms with van der Waals surface area (Å²) in [6, 6.07) is 8.08. The monoisotopic (exact) mass is 286 g/mol. The Balaban J connectivity index is 1.61. The Hall–Kier alpha value is -2.21. The largest absolute Gasteiger partial charge is 0.406 e. The first-order valence-electron chi connectivity index (χ1n) is 7.13. The number of hydrogen-bond donors (Lipinski definition) is 2. The molecule has 1 atom stereocenters. The lowest BCUT2D eigenvalue weighted by Crippen LogP contribution is -2.15. The van der Waals surface area contributed by atoms with Crippen LogP contribution in [-0.4, -0.2) is 22.6 Å². The molecule has 2 N–H and O–H groups in total. The summed E-state index contributed by atoms with van der Waals surface area (Å²) in [5.41, 5.74) is 2.08. The molecule has 1 fully saturated rings. The number of hydrogen-bond acceptors (Lipinski definition) is 5. The van der Waals surface area contributed by atoms with Gasteiger partial charge >= 0.3 is 6.01 Å². The highest BCUT2D eigenvalue weighted by molar-refractivity contribution is 5.90. The minimum atomic E-state index is -0.154. The van der Waals surface area contributed by atoms with Crippen LogP contribution in [0.2, 0.25) is 0 Å². The molecule has 0 aliphatic carbocycles. The Morgan fingerprint density at radius 2 is 2.29 bits per heavy atom. The number of aromatic nitrogens is 2. The molecule has 0 spiro atoms. The van der Waals surface area contributed by atoms with Crippen molar-refractivity contribution in [1.82, 2.24) is 15.5 Å². The van der Waals surface area contributed by atoms with Crippen molar-refractivity contribution < 1.29 is 9.21 Å². The van der Waals surface area contributed by atoms with Gasteiger partial charge in [0, 0.05) is 0 Å². The van der Waals surface area contributed by atoms with E-state index in [1.165, 1.54) is 0 Å². The van der Waals surface area contributed by atoms with Gasteiger partial charge in [-0.05, 0) is 37.4 Å². The Kier molecular flexibility index (Phi) is 3.96. The molecule has 2 aromatic rings. The van der Waals surface area contributed by atoms with Crippen LogP contribution in [0.15, 0.2) is 28.7 Å². The average Bonchev–Trinajstić information content (AvgIpc) is 3.12. The molecular formula is C15H18N4O2. The predicted molar refractivity (Wildman–Crippen MR) is 77.8 cm³/mol. The zero-order valence-electron chi connectivity index (χ0n) is 11.9. The van der Waals surface area contributed by atoms with E-state index in [0.717, 1.165) is 30.5 Å². The highest BCUT2D eigenvalue weighted by atomic mass is 16.4. The van der Waals surface area contributed by atoms with Gasteiger partial charge in [0.15, 0.2) is 0 Å². The normalized spacial score (nSPS) is 17.9. The van der Waals surface area contributed by atoms with E-state index in [0.29, 0.717) is 12.3 Å². The molecule has 6 nitrogen and oxygen atoms in total. The molecule has 1 saturated heterocycles. The lowest BCUT2D eigenvalue weighted by molar-refractivity contribution is -0.115. The maximum atomic E-state index is 12.0. The fourth-order valence-electron chi connectivity index (χ4n) is 2.47. The third kappa shape index (κ3) is 3.28. The predicted octanol–water partition coefficient (Wildman–Crippen LogP) is 1.98. The fraction of sp³-hybridized carbons (Fsp3) is 0.400. The fourth-order valence-corrected chi connectivity index (χ4v) is 2.47. The molecule has 1 aliphatic rings. The Morgan fingerprint density at radius 3 is 3.05 bits per heavy atom. The third-order valence-electron chi connectivity index (χ3n) is 3.66. The maximum Gasteiger partial charge on any atom is 0.322 e. The van der Waals surface area contributed by atoms with Gasteiger partial charge in [0.1, 0.15) is 0 Å². The second kappa shape index (κ2) is 6.05. The van der Waals surface area contributed by atoms with Crippen LogP contribution < -0.4 is 10.6 Å². The van der Waals surface area contributed by atoms with Gasteiger partial charge in [0.05, 0.1) is 12.5 Å². The van der Waals surface area contributed by atoms with Crippen molar-refractivity contribution >= 4 is 11.9 Å². The van der Waals surface area contributed by atoms with Gasteiger partial charge in [-0.1, -0.05) is 29.4 Å². The number of nitrogens with one attached hydrogen (secondary N) is 2. The van der Waals surface area contributed by atoms with Crippen LogP contribution in [0.1, 0.15) is 35.9 Å². The zero-order valence-corrected chi connectivity index (χ0v) is 11.9. The standard InChI is InChI=1S/C15H18N4O2/c1-10-5-2-3-6-11(10)9-13(20)17-15-19-18-14(21-15)12-7-4-8-16-12/h2-3,5-6,12,16H,4,7-9H2,1H3,(H,17,19,20). The van der Waals surface area contributed by atoms with Gasteiger partial charge in [-0.2, -0.15) is 0 Å². The van der Waals surface area contributed by atoms with Gasteiger partial charge in [-0.25, -0.2) is 0 Å². The van der Waals surface area contributed by atoms with E-state index in [9.17, 15) is 4.79 Å². The summed E-state index contributed by atoms with van der Waals surface area (Å²) in [6.45, 7) is 2.95. The highest BCUT2D eigenvalue weighted by Crippen LogP contribution is 2.22. The van der Waals surface area contributed by atoms with Crippen molar-refractivity contribution in [3.05, 3.63) is 41.3 Å². The van der Waals surface area contributed by atoms with E-state index >= 15 is 0 Å². The number of carbonyl (C=O) groups is 1. The van der Waals surface area contributed by atoms with E-state index in [2.05, 4.69) is 20.8 Å². The summed E-state index contributed by atoms with van der Waals surface area (Å²) in [6.07, 6.45) is 2.38. The Bertz CT molecular complexity index is 632. The summed E-state index contributed by atoms with van der Waals surface area (Å²) in [4.78, 5) is 12.0. The summed E-state index contributed by atoms with van der Waals surface area (Å²) >= 11 is 0. The van der Waals surface area contributed by atoms with Crippen LogP contribution in [0.4, 0.5) is 6.01 Å². The van der Waals surface area contributed by atoms with Crippen molar-refractivity contribution in [3.8, 4) is 0 Å². The number of aryl methyl sites for hydroxylation is 1. The first-order valence-corrected chi connectivity index (χ1v) is 7.13. The number of benzene rings is 1. The van der Waals surface area contributed by atoms with Crippen molar-refractivity contribution in [1.29, 1.82) is 0 Å². The van der Waals surface area contributed by atoms with E-state index in [4.69, 9.17) is 4.42 Å². The molecule has 110 valence electrons. The van der Waals surface area contributed by atoms with Crippen LogP contribution in [0.5, 0.6) is 0 Å². The van der Waals surface area contributed by atoms with Crippen LogP contribution in [0.3, 0.4) is 0 Å². The van der Waals surface area contributed by atoms with Crippen LogP contribution >= 0.6 is 0 Å². The second-order valence-electron chi connectivity index (χ2n) is 5.25. The van der Waals surface area contributed by atoms with Gasteiger partial charge in [-0.15, -0.1) is 5.10 Å². The lowest BCUT2D eigenvalue weighted by Gasteiger charge is -2.05. The average molecular weight is 286 g/mol.